The zero-order chi connectivity index (χ0) is 32.9. The Bertz CT molecular complexity index is 2350. The highest BCUT2D eigenvalue weighted by Crippen LogP contribution is 2.35. The lowest BCUT2D eigenvalue weighted by Crippen LogP contribution is -2.37. The van der Waals surface area contributed by atoms with E-state index >= 15 is 0 Å². The highest BCUT2D eigenvalue weighted by Gasteiger charge is 2.26. The summed E-state index contributed by atoms with van der Waals surface area (Å²) in [6, 6.07) is 16.6. The number of nitrogens with one attached hydrogen (secondary N) is 2. The Morgan fingerprint density at radius 2 is 1.94 bits per heavy atom. The predicted molar refractivity (Wildman–Crippen MR) is 189 cm³/mol. The first-order chi connectivity index (χ1) is 23.4. The maximum atomic E-state index is 12.2. The van der Waals surface area contributed by atoms with Crippen molar-refractivity contribution in [1.29, 1.82) is 0 Å². The second kappa shape index (κ2) is 11.7. The highest BCUT2D eigenvalue weighted by molar-refractivity contribution is 5.98. The van der Waals surface area contributed by atoms with Crippen molar-refractivity contribution in [2.75, 3.05) is 18.4 Å². The predicted octanol–water partition coefficient (Wildman–Crippen LogP) is 5.51. The maximum Gasteiger partial charge on any atom is 0.219 e. The van der Waals surface area contributed by atoms with Gasteiger partial charge in [0.05, 0.1) is 35.7 Å². The summed E-state index contributed by atoms with van der Waals surface area (Å²) in [5.74, 6) is 8.36. The van der Waals surface area contributed by atoms with Gasteiger partial charge in [-0.1, -0.05) is 55.7 Å². The monoisotopic (exact) mass is 633 g/mol. The van der Waals surface area contributed by atoms with Crippen molar-refractivity contribution in [2.24, 2.45) is 7.05 Å². The summed E-state index contributed by atoms with van der Waals surface area (Å²) in [5.41, 5.74) is 10.7. The molecule has 0 spiro atoms. The molecule has 2 aromatic carbocycles. The zero-order valence-corrected chi connectivity index (χ0v) is 27.3. The van der Waals surface area contributed by atoms with Crippen molar-refractivity contribution >= 4 is 39.2 Å². The summed E-state index contributed by atoms with van der Waals surface area (Å²) in [6.45, 7) is 11.0. The van der Waals surface area contributed by atoms with Crippen molar-refractivity contribution in [3.63, 3.8) is 0 Å². The van der Waals surface area contributed by atoms with Crippen molar-refractivity contribution in [2.45, 2.75) is 39.9 Å². The Balaban J connectivity index is 1.07. The maximum absolute atomic E-state index is 12.2. The van der Waals surface area contributed by atoms with Gasteiger partial charge in [-0.15, -0.1) is 0 Å². The standard InChI is InChI=1S/C38H35N9O/c1-5-35-43-36(34-22-46(24(3)48)15-16-47(34)35)29-13-7-10-26-17-32(41-21-31(26)29)27-18-33-37(42-19-27)38(44-45(33)4)39-14-8-11-25-9-6-12-28-23(2)40-20-30(25)28/h6-7,9-10,12-13,17-19,21,40H,2,5,14-16,20,22H2,1,3-4H3,(H,39,44). The van der Waals surface area contributed by atoms with Gasteiger partial charge in [0, 0.05) is 85.8 Å². The van der Waals surface area contributed by atoms with E-state index in [0.717, 1.165) is 92.2 Å². The van der Waals surface area contributed by atoms with E-state index in [4.69, 9.17) is 20.1 Å². The number of imidazole rings is 1. The van der Waals surface area contributed by atoms with Crippen LogP contribution in [0.2, 0.25) is 0 Å². The summed E-state index contributed by atoms with van der Waals surface area (Å²) < 4.78 is 4.11. The summed E-state index contributed by atoms with van der Waals surface area (Å²) in [4.78, 5) is 28.9. The van der Waals surface area contributed by atoms with Crippen LogP contribution in [-0.4, -0.2) is 53.2 Å². The van der Waals surface area contributed by atoms with Gasteiger partial charge >= 0.3 is 0 Å². The van der Waals surface area contributed by atoms with Crippen molar-refractivity contribution < 1.29 is 4.79 Å². The fraction of sp³-hybridized carbons (Fsp3) is 0.237. The molecule has 6 heterocycles. The van der Waals surface area contributed by atoms with Gasteiger partial charge in [0.15, 0.2) is 5.82 Å². The fourth-order valence-corrected chi connectivity index (χ4v) is 6.86. The van der Waals surface area contributed by atoms with Gasteiger partial charge in [-0.05, 0) is 29.1 Å². The van der Waals surface area contributed by atoms with Crippen LogP contribution in [0.5, 0.6) is 0 Å². The Hall–Kier alpha value is -5.95. The van der Waals surface area contributed by atoms with Crippen molar-refractivity contribution in [3.05, 3.63) is 95.7 Å². The second-order valence-corrected chi connectivity index (χ2v) is 12.2. The highest BCUT2D eigenvalue weighted by atomic mass is 16.2. The van der Waals surface area contributed by atoms with E-state index in [1.54, 1.807) is 6.92 Å². The largest absolute Gasteiger partial charge is 0.381 e. The number of nitrogens with zero attached hydrogens (tertiary/aromatic N) is 7. The van der Waals surface area contributed by atoms with Gasteiger partial charge in [-0.2, -0.15) is 5.10 Å². The number of anilines is 1. The van der Waals surface area contributed by atoms with E-state index in [-0.39, 0.29) is 5.91 Å². The topological polar surface area (TPSA) is 106 Å². The average molecular weight is 634 g/mol. The number of benzene rings is 2. The second-order valence-electron chi connectivity index (χ2n) is 12.2. The fourth-order valence-electron chi connectivity index (χ4n) is 6.86. The molecule has 48 heavy (non-hydrogen) atoms. The average Bonchev–Trinajstić information content (AvgIpc) is 3.78. The van der Waals surface area contributed by atoms with E-state index in [1.165, 1.54) is 5.56 Å². The molecule has 0 fully saturated rings. The number of pyridine rings is 2. The summed E-state index contributed by atoms with van der Waals surface area (Å²) in [5, 5.41) is 13.4. The SMILES string of the molecule is C=C1NCc2c(C#CCNc3nn(C)c4cc(-c5cc6cccc(-c7nc(CC)n8c7CN(C(C)=O)CC8)c6cn5)cnc34)cccc21. The molecule has 10 heteroatoms. The molecule has 0 aliphatic carbocycles. The van der Waals surface area contributed by atoms with E-state index in [1.807, 2.05) is 41.2 Å². The van der Waals surface area contributed by atoms with E-state index in [2.05, 4.69) is 76.9 Å². The third kappa shape index (κ3) is 4.95. The number of rotatable bonds is 5. The molecule has 238 valence electrons. The molecule has 4 aromatic heterocycles. The minimum absolute atomic E-state index is 0.0852. The van der Waals surface area contributed by atoms with Crippen molar-refractivity contribution in [1.82, 2.24) is 39.5 Å². The normalized spacial score (nSPS) is 13.6. The van der Waals surface area contributed by atoms with Gasteiger partial charge in [0.2, 0.25) is 5.91 Å². The minimum Gasteiger partial charge on any atom is -0.381 e. The van der Waals surface area contributed by atoms with E-state index in [0.29, 0.717) is 25.5 Å². The number of amides is 1. The Labute approximate surface area is 278 Å². The first kappa shape index (κ1) is 29.5. The van der Waals surface area contributed by atoms with E-state index < -0.39 is 0 Å². The molecule has 2 aliphatic rings. The molecule has 2 aliphatic heterocycles. The first-order valence-electron chi connectivity index (χ1n) is 16.2. The van der Waals surface area contributed by atoms with Gasteiger partial charge in [0.1, 0.15) is 11.3 Å². The third-order valence-electron chi connectivity index (χ3n) is 9.40. The molecule has 10 nitrogen and oxygen atoms in total. The molecule has 0 saturated carbocycles. The lowest BCUT2D eigenvalue weighted by Gasteiger charge is -2.28. The Kier molecular flexibility index (Phi) is 7.17. The van der Waals surface area contributed by atoms with Gasteiger partial charge < -0.3 is 20.1 Å². The summed E-state index contributed by atoms with van der Waals surface area (Å²) in [6.07, 6.45) is 4.61. The van der Waals surface area contributed by atoms with Crippen LogP contribution in [0.4, 0.5) is 5.82 Å². The van der Waals surface area contributed by atoms with Crippen LogP contribution in [0.25, 0.3) is 50.0 Å². The molecule has 8 rings (SSSR count). The third-order valence-corrected chi connectivity index (χ3v) is 9.40. The Morgan fingerprint density at radius 3 is 2.79 bits per heavy atom. The number of hydrogen-bond donors (Lipinski definition) is 2. The Morgan fingerprint density at radius 1 is 1.08 bits per heavy atom. The number of carbonyl (C=O) groups is 1. The molecule has 6 aromatic rings. The molecule has 2 N–H and O–H groups in total. The molecular formula is C38H35N9O. The molecule has 0 radical (unpaired) electrons. The quantitative estimate of drug-likeness (QED) is 0.241. The number of aryl methyl sites for hydroxylation is 2. The van der Waals surface area contributed by atoms with Crippen LogP contribution in [0, 0.1) is 11.8 Å². The zero-order valence-electron chi connectivity index (χ0n) is 27.3. The van der Waals surface area contributed by atoms with Crippen LogP contribution >= 0.6 is 0 Å². The number of fused-ring (bicyclic) bond motifs is 4. The smallest absolute Gasteiger partial charge is 0.219 e. The van der Waals surface area contributed by atoms with Crippen LogP contribution < -0.4 is 10.6 Å². The van der Waals surface area contributed by atoms with E-state index in [9.17, 15) is 4.79 Å². The van der Waals surface area contributed by atoms with Crippen LogP contribution in [-0.2, 0) is 37.9 Å². The number of carbonyl (C=O) groups excluding carboxylic acids is 1. The van der Waals surface area contributed by atoms with Gasteiger partial charge in [0.25, 0.3) is 0 Å². The minimum atomic E-state index is 0.0852. The molecule has 1 amide bonds. The lowest BCUT2D eigenvalue weighted by molar-refractivity contribution is -0.130. The molecule has 0 unspecified atom stereocenters. The van der Waals surface area contributed by atoms with Crippen molar-refractivity contribution in [3.8, 4) is 34.4 Å². The van der Waals surface area contributed by atoms with Crippen LogP contribution in [0.15, 0.2) is 67.5 Å². The summed E-state index contributed by atoms with van der Waals surface area (Å²) >= 11 is 0. The molecule has 0 saturated heterocycles. The summed E-state index contributed by atoms with van der Waals surface area (Å²) in [7, 11) is 1.92. The number of hydrogen-bond acceptors (Lipinski definition) is 7. The van der Waals surface area contributed by atoms with Gasteiger partial charge in [-0.25, -0.2) is 9.97 Å². The van der Waals surface area contributed by atoms with Gasteiger partial charge in [-0.3, -0.25) is 14.5 Å². The number of aromatic nitrogens is 6. The first-order valence-corrected chi connectivity index (χ1v) is 16.2. The van der Waals surface area contributed by atoms with Crippen LogP contribution in [0.1, 0.15) is 42.1 Å². The molecule has 0 atom stereocenters. The lowest BCUT2D eigenvalue weighted by atomic mass is 10.0. The van der Waals surface area contributed by atoms with Crippen LogP contribution in [0.3, 0.4) is 0 Å². The molecule has 0 bridgehead atoms. The molecular weight excluding hydrogens is 598 g/mol.